The van der Waals surface area contributed by atoms with Crippen LogP contribution in [0.3, 0.4) is 0 Å². The summed E-state index contributed by atoms with van der Waals surface area (Å²) >= 11 is 1.60. The van der Waals surface area contributed by atoms with Gasteiger partial charge in [-0.1, -0.05) is 6.08 Å². The standard InChI is InChI=1S/C14H20N2O2S/c1-2-3-4-14(13(17)18)5-7-16(8-6-14)9-12-10-19-11-15-12/h2,10-11H,1,3-9H2,(H,17,18). The number of allylic oxidation sites excluding steroid dienone is 1. The molecule has 0 bridgehead atoms. The third kappa shape index (κ3) is 3.42. The van der Waals surface area contributed by atoms with Crippen molar-refractivity contribution < 1.29 is 9.90 Å². The first-order valence-corrected chi connectivity index (χ1v) is 7.54. The lowest BCUT2D eigenvalue weighted by molar-refractivity contribution is -0.152. The molecular weight excluding hydrogens is 260 g/mol. The second-order valence-corrected chi connectivity index (χ2v) is 5.89. The Morgan fingerprint density at radius 1 is 1.58 bits per heavy atom. The Morgan fingerprint density at radius 2 is 2.32 bits per heavy atom. The fourth-order valence-corrected chi connectivity index (χ4v) is 3.18. The highest BCUT2D eigenvalue weighted by Crippen LogP contribution is 2.37. The van der Waals surface area contributed by atoms with Crippen molar-refractivity contribution in [1.29, 1.82) is 0 Å². The fourth-order valence-electron chi connectivity index (χ4n) is 2.63. The maximum absolute atomic E-state index is 11.5. The molecule has 104 valence electrons. The summed E-state index contributed by atoms with van der Waals surface area (Å²) in [5.41, 5.74) is 2.37. The van der Waals surface area contributed by atoms with E-state index >= 15 is 0 Å². The van der Waals surface area contributed by atoms with Crippen molar-refractivity contribution >= 4 is 17.3 Å². The molecule has 5 heteroatoms. The first kappa shape index (κ1) is 14.2. The summed E-state index contributed by atoms with van der Waals surface area (Å²) in [6.07, 6.45) is 4.74. The summed E-state index contributed by atoms with van der Waals surface area (Å²) in [4.78, 5) is 18.1. The first-order valence-electron chi connectivity index (χ1n) is 6.60. The SMILES string of the molecule is C=CCCC1(C(=O)O)CCN(Cc2cscn2)CC1. The normalized spacial score (nSPS) is 19.2. The van der Waals surface area contributed by atoms with Gasteiger partial charge in [-0.05, 0) is 38.8 Å². The summed E-state index contributed by atoms with van der Waals surface area (Å²) < 4.78 is 0. The van der Waals surface area contributed by atoms with Crippen molar-refractivity contribution in [3.05, 3.63) is 29.2 Å². The van der Waals surface area contributed by atoms with E-state index in [4.69, 9.17) is 0 Å². The third-order valence-electron chi connectivity index (χ3n) is 3.96. The number of aromatic nitrogens is 1. The van der Waals surface area contributed by atoms with Crippen LogP contribution in [0.2, 0.25) is 0 Å². The summed E-state index contributed by atoms with van der Waals surface area (Å²) in [7, 11) is 0. The largest absolute Gasteiger partial charge is 0.481 e. The molecule has 0 amide bonds. The van der Waals surface area contributed by atoms with Gasteiger partial charge in [0, 0.05) is 11.9 Å². The predicted molar refractivity (Wildman–Crippen MR) is 76.1 cm³/mol. The lowest BCUT2D eigenvalue weighted by atomic mass is 9.75. The number of thiazole rings is 1. The van der Waals surface area contributed by atoms with Gasteiger partial charge < -0.3 is 5.11 Å². The molecule has 19 heavy (non-hydrogen) atoms. The molecule has 1 fully saturated rings. The molecule has 0 saturated carbocycles. The van der Waals surface area contributed by atoms with E-state index < -0.39 is 11.4 Å². The molecule has 1 saturated heterocycles. The number of hydrogen-bond donors (Lipinski definition) is 1. The molecule has 0 atom stereocenters. The smallest absolute Gasteiger partial charge is 0.309 e. The molecule has 1 aromatic heterocycles. The van der Waals surface area contributed by atoms with Gasteiger partial charge in [0.25, 0.3) is 0 Å². The highest BCUT2D eigenvalue weighted by Gasteiger charge is 2.40. The lowest BCUT2D eigenvalue weighted by Gasteiger charge is -2.38. The maximum atomic E-state index is 11.5. The van der Waals surface area contributed by atoms with Gasteiger partial charge >= 0.3 is 5.97 Å². The van der Waals surface area contributed by atoms with Crippen LogP contribution < -0.4 is 0 Å². The number of rotatable bonds is 6. The van der Waals surface area contributed by atoms with Gasteiger partial charge in [0.05, 0.1) is 16.6 Å². The van der Waals surface area contributed by atoms with E-state index in [0.29, 0.717) is 6.42 Å². The van der Waals surface area contributed by atoms with E-state index in [9.17, 15) is 9.90 Å². The van der Waals surface area contributed by atoms with E-state index in [1.165, 1.54) is 0 Å². The van der Waals surface area contributed by atoms with Crippen molar-refractivity contribution in [3.8, 4) is 0 Å². The van der Waals surface area contributed by atoms with E-state index in [1.54, 1.807) is 11.3 Å². The Balaban J connectivity index is 1.91. The Morgan fingerprint density at radius 3 is 2.84 bits per heavy atom. The van der Waals surface area contributed by atoms with Gasteiger partial charge in [0.2, 0.25) is 0 Å². The van der Waals surface area contributed by atoms with Gasteiger partial charge in [-0.2, -0.15) is 0 Å². The highest BCUT2D eigenvalue weighted by atomic mass is 32.1. The van der Waals surface area contributed by atoms with Crippen LogP contribution in [0.5, 0.6) is 0 Å². The molecule has 4 nitrogen and oxygen atoms in total. The number of aliphatic carboxylic acids is 1. The molecule has 2 rings (SSSR count). The van der Waals surface area contributed by atoms with Crippen LogP contribution in [-0.2, 0) is 11.3 Å². The van der Waals surface area contributed by atoms with Crippen molar-refractivity contribution in [3.63, 3.8) is 0 Å². The molecule has 0 aromatic carbocycles. The molecule has 0 aliphatic carbocycles. The van der Waals surface area contributed by atoms with Crippen LogP contribution in [0.25, 0.3) is 0 Å². The predicted octanol–water partition coefficient (Wildman–Crippen LogP) is 2.78. The number of nitrogens with zero attached hydrogens (tertiary/aromatic N) is 2. The average molecular weight is 280 g/mol. The summed E-state index contributed by atoms with van der Waals surface area (Å²) in [6, 6.07) is 0. The van der Waals surface area contributed by atoms with Crippen molar-refractivity contribution in [2.45, 2.75) is 32.2 Å². The van der Waals surface area contributed by atoms with Crippen molar-refractivity contribution in [2.24, 2.45) is 5.41 Å². The molecule has 2 heterocycles. The lowest BCUT2D eigenvalue weighted by Crippen LogP contribution is -2.44. The van der Waals surface area contributed by atoms with E-state index in [0.717, 1.165) is 44.6 Å². The third-order valence-corrected chi connectivity index (χ3v) is 4.60. The fraction of sp³-hybridized carbons (Fsp3) is 0.571. The number of carbonyl (C=O) groups is 1. The van der Waals surface area contributed by atoms with Crippen molar-refractivity contribution in [1.82, 2.24) is 9.88 Å². The Hall–Kier alpha value is -1.20. The summed E-state index contributed by atoms with van der Waals surface area (Å²) in [5.74, 6) is -0.650. The Bertz CT molecular complexity index is 423. The van der Waals surface area contributed by atoms with Crippen LogP contribution >= 0.6 is 11.3 Å². The van der Waals surface area contributed by atoms with Crippen LogP contribution in [0.15, 0.2) is 23.5 Å². The summed E-state index contributed by atoms with van der Waals surface area (Å²) in [5, 5.41) is 11.5. The number of carboxylic acid groups (broad SMARTS) is 1. The minimum Gasteiger partial charge on any atom is -0.481 e. The van der Waals surface area contributed by atoms with Gasteiger partial charge in [-0.3, -0.25) is 9.69 Å². The first-order chi connectivity index (χ1) is 9.16. The average Bonchev–Trinajstić information content (AvgIpc) is 2.91. The van der Waals surface area contributed by atoms with Crippen LogP contribution in [0, 0.1) is 5.41 Å². The molecule has 0 spiro atoms. The number of carboxylic acids is 1. The quantitative estimate of drug-likeness (QED) is 0.814. The second kappa shape index (κ2) is 6.30. The van der Waals surface area contributed by atoms with Crippen molar-refractivity contribution in [2.75, 3.05) is 13.1 Å². The number of likely N-dealkylation sites (tertiary alicyclic amines) is 1. The zero-order chi connectivity index (χ0) is 13.7. The van der Waals surface area contributed by atoms with Crippen LogP contribution in [0.1, 0.15) is 31.4 Å². The van der Waals surface area contributed by atoms with Gasteiger partial charge in [0.1, 0.15) is 0 Å². The van der Waals surface area contributed by atoms with Crippen LogP contribution in [0.4, 0.5) is 0 Å². The minimum absolute atomic E-state index is 0.549. The van der Waals surface area contributed by atoms with Gasteiger partial charge in [-0.25, -0.2) is 4.98 Å². The minimum atomic E-state index is -0.650. The maximum Gasteiger partial charge on any atom is 0.309 e. The van der Waals surface area contributed by atoms with E-state index in [2.05, 4.69) is 21.8 Å². The summed E-state index contributed by atoms with van der Waals surface area (Å²) in [6.45, 7) is 6.19. The second-order valence-electron chi connectivity index (χ2n) is 5.17. The topological polar surface area (TPSA) is 53.4 Å². The van der Waals surface area contributed by atoms with Crippen LogP contribution in [-0.4, -0.2) is 34.0 Å². The Labute approximate surface area is 117 Å². The molecule has 0 radical (unpaired) electrons. The molecular formula is C14H20N2O2S. The van der Waals surface area contributed by atoms with E-state index in [1.807, 2.05) is 11.6 Å². The zero-order valence-corrected chi connectivity index (χ0v) is 11.9. The monoisotopic (exact) mass is 280 g/mol. The van der Waals surface area contributed by atoms with E-state index in [-0.39, 0.29) is 0 Å². The molecule has 1 N–H and O–H groups in total. The van der Waals surface area contributed by atoms with Gasteiger partial charge in [0.15, 0.2) is 0 Å². The Kier molecular flexibility index (Phi) is 4.71. The number of piperidine rings is 1. The molecule has 1 aromatic rings. The zero-order valence-electron chi connectivity index (χ0n) is 11.0. The molecule has 0 unspecified atom stereocenters. The number of hydrogen-bond acceptors (Lipinski definition) is 4. The molecule has 1 aliphatic rings. The highest BCUT2D eigenvalue weighted by molar-refractivity contribution is 7.07. The molecule has 1 aliphatic heterocycles. The van der Waals surface area contributed by atoms with Gasteiger partial charge in [-0.15, -0.1) is 17.9 Å².